The molecule has 356 valence electrons. The van der Waals surface area contributed by atoms with Crippen molar-refractivity contribution in [2.24, 2.45) is 0 Å². The van der Waals surface area contributed by atoms with Crippen LogP contribution in [0.3, 0.4) is 0 Å². The molecule has 0 amide bonds. The molecule has 0 N–H and O–H groups in total. The highest BCUT2D eigenvalue weighted by molar-refractivity contribution is 7.22. The first-order valence-corrected chi connectivity index (χ1v) is 30.4. The van der Waals surface area contributed by atoms with Gasteiger partial charge in [0.2, 0.25) is 0 Å². The summed E-state index contributed by atoms with van der Waals surface area (Å²) in [7, 11) is -5.48. The molecule has 0 atom stereocenters. The second-order valence-corrected chi connectivity index (χ2v) is 27.8. The van der Waals surface area contributed by atoms with Gasteiger partial charge < -0.3 is 9.13 Å². The van der Waals surface area contributed by atoms with Gasteiger partial charge in [-0.1, -0.05) is 255 Å². The Morgan fingerprint density at radius 1 is 0.289 bits per heavy atom. The van der Waals surface area contributed by atoms with E-state index in [2.05, 4.69) is 312 Å². The van der Waals surface area contributed by atoms with E-state index in [1.807, 2.05) is 0 Å². The molecule has 0 saturated carbocycles. The quantitative estimate of drug-likeness (QED) is 0.101. The van der Waals surface area contributed by atoms with Crippen molar-refractivity contribution in [1.29, 1.82) is 0 Å². The van der Waals surface area contributed by atoms with E-state index in [0.29, 0.717) is 0 Å². The highest BCUT2D eigenvalue weighted by Crippen LogP contribution is 2.42. The third-order valence-corrected chi connectivity index (χ3v) is 26.3. The lowest BCUT2D eigenvalue weighted by molar-refractivity contribution is 1.17. The van der Waals surface area contributed by atoms with Crippen LogP contribution in [0.4, 0.5) is 0 Å². The van der Waals surface area contributed by atoms with Crippen LogP contribution in [-0.2, 0) is 0 Å². The molecule has 76 heavy (non-hydrogen) atoms. The Hall–Kier alpha value is -9.33. The van der Waals surface area contributed by atoms with E-state index in [1.165, 1.54) is 113 Å². The molecule has 0 fully saturated rings. The normalized spacial score (nSPS) is 12.8. The Balaban J connectivity index is 0.921. The summed E-state index contributed by atoms with van der Waals surface area (Å²) in [6.45, 7) is 0. The van der Waals surface area contributed by atoms with Gasteiger partial charge in [-0.3, -0.25) is 0 Å². The average molecular weight is 999 g/mol. The van der Waals surface area contributed by atoms with Crippen molar-refractivity contribution >= 4 is 101 Å². The van der Waals surface area contributed by atoms with E-state index in [4.69, 9.17) is 0 Å². The summed E-state index contributed by atoms with van der Waals surface area (Å²) in [6.07, 6.45) is 0. The molecular formula is C72H50N2Si2. The van der Waals surface area contributed by atoms with Gasteiger partial charge in [-0.25, -0.2) is 0 Å². The monoisotopic (exact) mass is 998 g/mol. The number of benzene rings is 12. The second-order valence-electron chi connectivity index (χ2n) is 20.3. The minimum absolute atomic E-state index is 1.14. The maximum atomic E-state index is 2.52. The maximum absolute atomic E-state index is 2.77. The number of nitrogens with zero attached hydrogens (tertiary/aromatic N) is 2. The van der Waals surface area contributed by atoms with Crippen molar-refractivity contribution in [1.82, 2.24) is 9.13 Å². The molecule has 15 rings (SSSR count). The molecule has 2 nitrogen and oxygen atoms in total. The molecule has 1 aliphatic rings. The number of hydrogen-bond acceptors (Lipinski definition) is 0. The Bertz CT molecular complexity index is 4350. The Morgan fingerprint density at radius 2 is 0.750 bits per heavy atom. The van der Waals surface area contributed by atoms with Gasteiger partial charge in [-0.15, -0.1) is 0 Å². The summed E-state index contributed by atoms with van der Waals surface area (Å²) in [5.41, 5.74) is 12.3. The van der Waals surface area contributed by atoms with Crippen molar-refractivity contribution in [2.75, 3.05) is 0 Å². The number of rotatable bonds is 9. The summed E-state index contributed by atoms with van der Waals surface area (Å²) < 4.78 is 5.00. The Kier molecular flexibility index (Phi) is 10.3. The first-order chi connectivity index (χ1) is 37.7. The van der Waals surface area contributed by atoms with Gasteiger partial charge in [0.15, 0.2) is 16.1 Å². The number of hydrogen-bond donors (Lipinski definition) is 0. The van der Waals surface area contributed by atoms with Crippen LogP contribution >= 0.6 is 0 Å². The summed E-state index contributed by atoms with van der Waals surface area (Å²) in [5.74, 6) is 0. The number of aromatic nitrogens is 2. The van der Waals surface area contributed by atoms with Gasteiger partial charge in [0.05, 0.1) is 27.8 Å². The molecule has 3 heterocycles. The molecule has 4 heteroatoms. The van der Waals surface area contributed by atoms with Crippen LogP contribution in [0.1, 0.15) is 0 Å². The highest BCUT2D eigenvalue weighted by Gasteiger charge is 2.50. The van der Waals surface area contributed by atoms with Crippen molar-refractivity contribution in [3.8, 4) is 33.6 Å². The van der Waals surface area contributed by atoms with Gasteiger partial charge in [0.25, 0.3) is 0 Å². The molecule has 0 aliphatic carbocycles. The van der Waals surface area contributed by atoms with Crippen LogP contribution in [0.25, 0.3) is 77.2 Å². The lowest BCUT2D eigenvalue weighted by atomic mass is 9.98. The van der Waals surface area contributed by atoms with Gasteiger partial charge in [0, 0.05) is 27.2 Å². The maximum Gasteiger partial charge on any atom is 0.181 e. The van der Waals surface area contributed by atoms with Gasteiger partial charge in [0.1, 0.15) is 0 Å². The van der Waals surface area contributed by atoms with Crippen LogP contribution in [0.2, 0.25) is 0 Å². The molecule has 0 spiro atoms. The average Bonchev–Trinajstić information content (AvgIpc) is 4.17. The first-order valence-electron chi connectivity index (χ1n) is 26.4. The Morgan fingerprint density at radius 3 is 1.38 bits per heavy atom. The van der Waals surface area contributed by atoms with E-state index in [9.17, 15) is 0 Å². The minimum Gasteiger partial charge on any atom is -0.309 e. The number of fused-ring (bicyclic) bond motifs is 9. The third kappa shape index (κ3) is 6.38. The van der Waals surface area contributed by atoms with Crippen LogP contribution in [-0.4, -0.2) is 25.3 Å². The summed E-state index contributed by atoms with van der Waals surface area (Å²) >= 11 is 0. The third-order valence-electron chi connectivity index (χ3n) is 16.6. The topological polar surface area (TPSA) is 9.86 Å². The predicted octanol–water partition coefficient (Wildman–Crippen LogP) is 12.3. The van der Waals surface area contributed by atoms with E-state index in [1.54, 1.807) is 0 Å². The number of para-hydroxylation sites is 2. The van der Waals surface area contributed by atoms with E-state index in [-0.39, 0.29) is 0 Å². The summed E-state index contributed by atoms with van der Waals surface area (Å²) in [6, 6.07) is 114. The molecule has 1 aliphatic heterocycles. The standard InChI is InChI=1S/C72H50N2Si2/c1-6-24-53(25-7-1)75(54-26-8-2-9-27-54,55-28-10-3-11-29-55)58-47-45-52(46-48-58)73-66-40-20-17-36-63(66)71-68(73)41-23-42-69(71)74-65-39-19-16-34-60(65)64-50-51(44-49-67(64)74)59-37-22-38-62-61-35-18-21-43-70(61)76(72(59)62,56-30-12-4-13-31-56)57-32-14-5-15-33-57/h1-50H. The van der Waals surface area contributed by atoms with Crippen molar-refractivity contribution < 1.29 is 0 Å². The van der Waals surface area contributed by atoms with Gasteiger partial charge in [-0.2, -0.15) is 0 Å². The van der Waals surface area contributed by atoms with Crippen LogP contribution < -0.4 is 41.5 Å². The van der Waals surface area contributed by atoms with E-state index >= 15 is 0 Å². The molecule has 0 bridgehead atoms. The van der Waals surface area contributed by atoms with Gasteiger partial charge in [-0.05, 0) is 112 Å². The largest absolute Gasteiger partial charge is 0.309 e. The molecule has 12 aromatic carbocycles. The van der Waals surface area contributed by atoms with Gasteiger partial charge >= 0.3 is 0 Å². The van der Waals surface area contributed by atoms with E-state index in [0.717, 1.165) is 5.69 Å². The molecular weight excluding hydrogens is 949 g/mol. The fourth-order valence-electron chi connectivity index (χ4n) is 13.5. The summed E-state index contributed by atoms with van der Waals surface area (Å²) in [4.78, 5) is 0. The lowest BCUT2D eigenvalue weighted by Crippen LogP contribution is -2.74. The van der Waals surface area contributed by atoms with Crippen LogP contribution in [0, 0.1) is 0 Å². The first kappa shape index (κ1) is 44.2. The molecule has 0 radical (unpaired) electrons. The minimum atomic E-state index is -2.77. The van der Waals surface area contributed by atoms with E-state index < -0.39 is 16.1 Å². The molecule has 14 aromatic rings. The fraction of sp³-hybridized carbons (Fsp3) is 0. The second kappa shape index (κ2) is 17.7. The zero-order chi connectivity index (χ0) is 50.2. The van der Waals surface area contributed by atoms with Crippen molar-refractivity contribution in [2.45, 2.75) is 0 Å². The zero-order valence-corrected chi connectivity index (χ0v) is 43.8. The van der Waals surface area contributed by atoms with Crippen LogP contribution in [0.5, 0.6) is 0 Å². The summed E-state index contributed by atoms with van der Waals surface area (Å²) in [5, 5.41) is 16.1. The lowest BCUT2D eigenvalue weighted by Gasteiger charge is -2.34. The SMILES string of the molecule is c1ccc([Si](c2ccccc2)(c2ccccc2)c2ccc(-n3c4ccccc4c4c(-n5c6ccccc6c6cc(-c7cccc8c7[Si](c7ccccc7)(c7ccccc7)c7ccccc7-8)ccc65)cccc43)cc2)cc1. The highest BCUT2D eigenvalue weighted by atomic mass is 28.3. The van der Waals surface area contributed by atoms with Crippen molar-refractivity contribution in [3.05, 3.63) is 303 Å². The molecule has 2 aromatic heterocycles. The fourth-order valence-corrected chi connectivity index (χ4v) is 23.7. The van der Waals surface area contributed by atoms with Crippen molar-refractivity contribution in [3.63, 3.8) is 0 Å². The zero-order valence-electron chi connectivity index (χ0n) is 41.8. The smallest absolute Gasteiger partial charge is 0.181 e. The molecule has 0 saturated heterocycles. The Labute approximate surface area is 444 Å². The predicted molar refractivity (Wildman–Crippen MR) is 327 cm³/mol. The molecule has 0 unspecified atom stereocenters. The van der Waals surface area contributed by atoms with Crippen LogP contribution in [0.15, 0.2) is 303 Å².